The third-order valence-electron chi connectivity index (χ3n) is 5.54. The Kier molecular flexibility index (Phi) is 4.65. The quantitative estimate of drug-likeness (QED) is 0.876. The van der Waals surface area contributed by atoms with E-state index >= 15 is 0 Å². The molecule has 118 valence electrons. The van der Waals surface area contributed by atoms with E-state index in [0.29, 0.717) is 6.04 Å². The van der Waals surface area contributed by atoms with Gasteiger partial charge in [0.05, 0.1) is 18.3 Å². The number of rotatable bonds is 5. The Morgan fingerprint density at radius 1 is 1.29 bits per heavy atom. The highest BCUT2D eigenvalue weighted by Crippen LogP contribution is 2.32. The Bertz CT molecular complexity index is 443. The van der Waals surface area contributed by atoms with E-state index in [1.54, 1.807) is 0 Å². The second-order valence-electron chi connectivity index (χ2n) is 7.20. The van der Waals surface area contributed by atoms with Crippen LogP contribution in [0.1, 0.15) is 70.0 Å². The van der Waals surface area contributed by atoms with E-state index in [9.17, 15) is 5.11 Å². The van der Waals surface area contributed by atoms with Gasteiger partial charge in [-0.25, -0.2) is 0 Å². The number of nitrogens with zero attached hydrogens (tertiary/aromatic N) is 2. The molecule has 0 aliphatic heterocycles. The Balaban J connectivity index is 1.56. The summed E-state index contributed by atoms with van der Waals surface area (Å²) >= 11 is 0. The van der Waals surface area contributed by atoms with Crippen LogP contribution in [0.25, 0.3) is 0 Å². The highest BCUT2D eigenvalue weighted by atomic mass is 16.3. The number of hydrogen-bond acceptors (Lipinski definition) is 3. The molecule has 2 N–H and O–H groups in total. The molecule has 0 aromatic carbocycles. The summed E-state index contributed by atoms with van der Waals surface area (Å²) in [7, 11) is 0. The zero-order valence-corrected chi connectivity index (χ0v) is 13.2. The van der Waals surface area contributed by atoms with E-state index in [1.165, 1.54) is 38.5 Å². The first-order valence-electron chi connectivity index (χ1n) is 8.61. The molecule has 0 amide bonds. The van der Waals surface area contributed by atoms with E-state index in [4.69, 9.17) is 5.10 Å². The van der Waals surface area contributed by atoms with Crippen LogP contribution in [0, 0.1) is 5.92 Å². The lowest BCUT2D eigenvalue weighted by Gasteiger charge is -2.38. The van der Waals surface area contributed by atoms with Crippen molar-refractivity contribution in [2.75, 3.05) is 6.61 Å². The van der Waals surface area contributed by atoms with Crippen molar-refractivity contribution in [3.63, 3.8) is 0 Å². The summed E-state index contributed by atoms with van der Waals surface area (Å²) in [5.41, 5.74) is 1.03. The molecule has 0 unspecified atom stereocenters. The minimum Gasteiger partial charge on any atom is -0.394 e. The number of aliphatic hydroxyl groups excluding tert-OH is 1. The molecule has 0 bridgehead atoms. The van der Waals surface area contributed by atoms with Crippen LogP contribution < -0.4 is 5.32 Å². The Morgan fingerprint density at radius 3 is 2.67 bits per heavy atom. The highest BCUT2D eigenvalue weighted by molar-refractivity contribution is 5.02. The minimum atomic E-state index is -0.0797. The molecule has 2 saturated carbocycles. The zero-order valence-electron chi connectivity index (χ0n) is 13.2. The van der Waals surface area contributed by atoms with Gasteiger partial charge in [-0.15, -0.1) is 0 Å². The van der Waals surface area contributed by atoms with Crippen LogP contribution in [0.5, 0.6) is 0 Å². The average Bonchev–Trinajstić information content (AvgIpc) is 3.18. The van der Waals surface area contributed by atoms with E-state index in [0.717, 1.165) is 31.0 Å². The first-order chi connectivity index (χ1) is 10.2. The number of nitrogens with one attached hydrogen (secondary N) is 1. The summed E-state index contributed by atoms with van der Waals surface area (Å²) in [6.07, 6.45) is 11.9. The molecule has 0 saturated heterocycles. The van der Waals surface area contributed by atoms with Gasteiger partial charge in [-0.1, -0.05) is 19.8 Å². The fraction of sp³-hybridized carbons (Fsp3) is 0.824. The zero-order chi connectivity index (χ0) is 14.7. The normalized spacial score (nSPS) is 30.9. The van der Waals surface area contributed by atoms with E-state index in [-0.39, 0.29) is 12.1 Å². The summed E-state index contributed by atoms with van der Waals surface area (Å²) in [5.74, 6) is 0.799. The van der Waals surface area contributed by atoms with Gasteiger partial charge >= 0.3 is 0 Å². The van der Waals surface area contributed by atoms with E-state index in [2.05, 4.69) is 29.2 Å². The predicted octanol–water partition coefficient (Wildman–Crippen LogP) is 3.03. The van der Waals surface area contributed by atoms with E-state index < -0.39 is 0 Å². The van der Waals surface area contributed by atoms with Gasteiger partial charge in [0, 0.05) is 18.3 Å². The highest BCUT2D eigenvalue weighted by Gasteiger charge is 2.33. The van der Waals surface area contributed by atoms with Gasteiger partial charge in [0.2, 0.25) is 0 Å². The van der Waals surface area contributed by atoms with Gasteiger partial charge in [0.25, 0.3) is 0 Å². The van der Waals surface area contributed by atoms with Crippen LogP contribution >= 0.6 is 0 Å². The number of aromatic nitrogens is 2. The van der Waals surface area contributed by atoms with Gasteiger partial charge in [-0.05, 0) is 50.5 Å². The molecule has 4 nitrogen and oxygen atoms in total. The third-order valence-corrected chi connectivity index (χ3v) is 5.54. The third kappa shape index (κ3) is 3.49. The van der Waals surface area contributed by atoms with Gasteiger partial charge in [-0.2, -0.15) is 5.10 Å². The molecule has 1 heterocycles. The van der Waals surface area contributed by atoms with Gasteiger partial charge in [0.1, 0.15) is 0 Å². The molecule has 3 rings (SSSR count). The molecule has 4 heteroatoms. The number of hydrogen-bond donors (Lipinski definition) is 2. The maximum Gasteiger partial charge on any atom is 0.0762 e. The predicted molar refractivity (Wildman–Crippen MR) is 84.0 cm³/mol. The SMILES string of the molecule is CC1CCC(CO)(NCc2ccn(C3CCCC3)n2)CC1. The summed E-state index contributed by atoms with van der Waals surface area (Å²) in [6, 6.07) is 2.74. The summed E-state index contributed by atoms with van der Waals surface area (Å²) in [4.78, 5) is 0. The number of aliphatic hydroxyl groups is 1. The van der Waals surface area contributed by atoms with Crippen molar-refractivity contribution in [1.29, 1.82) is 0 Å². The topological polar surface area (TPSA) is 50.1 Å². The first kappa shape index (κ1) is 15.0. The van der Waals surface area contributed by atoms with Crippen molar-refractivity contribution in [2.45, 2.75) is 76.4 Å². The smallest absolute Gasteiger partial charge is 0.0762 e. The summed E-state index contributed by atoms with van der Waals surface area (Å²) in [5, 5.41) is 18.1. The van der Waals surface area contributed by atoms with Crippen LogP contribution in [-0.4, -0.2) is 27.0 Å². The van der Waals surface area contributed by atoms with E-state index in [1.807, 2.05) is 0 Å². The molecule has 1 aromatic rings. The molecular formula is C17H29N3O. The largest absolute Gasteiger partial charge is 0.394 e. The van der Waals surface area contributed by atoms with Crippen molar-refractivity contribution >= 4 is 0 Å². The van der Waals surface area contributed by atoms with Crippen LogP contribution in [0.2, 0.25) is 0 Å². The molecular weight excluding hydrogens is 262 g/mol. The monoisotopic (exact) mass is 291 g/mol. The van der Waals surface area contributed by atoms with Crippen LogP contribution in [0.15, 0.2) is 12.3 Å². The second-order valence-corrected chi connectivity index (χ2v) is 7.20. The molecule has 2 aliphatic carbocycles. The van der Waals surface area contributed by atoms with Crippen molar-refractivity contribution in [3.05, 3.63) is 18.0 Å². The van der Waals surface area contributed by atoms with Gasteiger partial charge < -0.3 is 10.4 Å². The standard InChI is InChI=1S/C17H29N3O/c1-14-6-9-17(13-21,10-7-14)18-12-15-8-11-20(19-15)16-4-2-3-5-16/h8,11,14,16,18,21H,2-7,9-10,12-13H2,1H3. The molecule has 21 heavy (non-hydrogen) atoms. The summed E-state index contributed by atoms with van der Waals surface area (Å²) in [6.45, 7) is 3.32. The molecule has 0 atom stereocenters. The summed E-state index contributed by atoms with van der Waals surface area (Å²) < 4.78 is 2.15. The maximum absolute atomic E-state index is 9.80. The maximum atomic E-state index is 9.80. The van der Waals surface area contributed by atoms with Gasteiger partial charge in [-0.3, -0.25) is 4.68 Å². The lowest BCUT2D eigenvalue weighted by atomic mass is 9.77. The Morgan fingerprint density at radius 2 is 2.00 bits per heavy atom. The first-order valence-corrected chi connectivity index (χ1v) is 8.61. The molecule has 0 radical (unpaired) electrons. The molecule has 0 spiro atoms. The Hall–Kier alpha value is -0.870. The molecule has 2 aliphatic rings. The van der Waals surface area contributed by atoms with Crippen LogP contribution in [0.4, 0.5) is 0 Å². The average molecular weight is 291 g/mol. The van der Waals surface area contributed by atoms with Gasteiger partial charge in [0.15, 0.2) is 0 Å². The van der Waals surface area contributed by atoms with Crippen molar-refractivity contribution < 1.29 is 5.11 Å². The molecule has 1 aromatic heterocycles. The minimum absolute atomic E-state index is 0.0797. The Labute approximate surface area is 127 Å². The fourth-order valence-corrected chi connectivity index (χ4v) is 3.83. The van der Waals surface area contributed by atoms with Crippen molar-refractivity contribution in [1.82, 2.24) is 15.1 Å². The van der Waals surface area contributed by atoms with Crippen LogP contribution in [-0.2, 0) is 6.54 Å². The lowest BCUT2D eigenvalue weighted by Crippen LogP contribution is -2.50. The van der Waals surface area contributed by atoms with Crippen LogP contribution in [0.3, 0.4) is 0 Å². The lowest BCUT2D eigenvalue weighted by molar-refractivity contribution is 0.104. The fourth-order valence-electron chi connectivity index (χ4n) is 3.83. The second kappa shape index (κ2) is 6.49. The van der Waals surface area contributed by atoms with Crippen molar-refractivity contribution in [2.24, 2.45) is 5.92 Å². The van der Waals surface area contributed by atoms with Crippen molar-refractivity contribution in [3.8, 4) is 0 Å². The molecule has 2 fully saturated rings.